The molecule has 106 valence electrons. The molecule has 0 atom stereocenters. The third-order valence-electron chi connectivity index (χ3n) is 3.31. The van der Waals surface area contributed by atoms with E-state index in [1.807, 2.05) is 37.5 Å². The summed E-state index contributed by atoms with van der Waals surface area (Å²) in [7, 11) is 0. The third kappa shape index (κ3) is 2.90. The summed E-state index contributed by atoms with van der Waals surface area (Å²) in [6.07, 6.45) is 2.60. The second-order valence-electron chi connectivity index (χ2n) is 5.13. The SMILES string of the molecule is CCCNC(=O)Cn1ccc(=O)c2c(C)cc(C)cc21. The Morgan fingerprint density at radius 1 is 1.30 bits per heavy atom. The Morgan fingerprint density at radius 2 is 2.05 bits per heavy atom. The molecule has 0 saturated heterocycles. The zero-order valence-corrected chi connectivity index (χ0v) is 12.2. The van der Waals surface area contributed by atoms with Crippen molar-refractivity contribution in [2.45, 2.75) is 33.7 Å². The van der Waals surface area contributed by atoms with Crippen molar-refractivity contribution in [3.63, 3.8) is 0 Å². The molecule has 1 heterocycles. The molecule has 4 heteroatoms. The minimum atomic E-state index is -0.0315. The molecule has 2 rings (SSSR count). The molecule has 0 bridgehead atoms. The monoisotopic (exact) mass is 272 g/mol. The standard InChI is InChI=1S/C16H20N2O2/c1-4-6-17-15(20)10-18-7-5-14(19)16-12(3)8-11(2)9-13(16)18/h5,7-9H,4,6,10H2,1-3H3,(H,17,20). The van der Waals surface area contributed by atoms with Crippen molar-refractivity contribution in [2.24, 2.45) is 0 Å². The van der Waals surface area contributed by atoms with Crippen LogP contribution in [0.25, 0.3) is 10.9 Å². The number of benzene rings is 1. The van der Waals surface area contributed by atoms with Gasteiger partial charge in [0, 0.05) is 24.2 Å². The lowest BCUT2D eigenvalue weighted by atomic mass is 10.1. The molecule has 0 unspecified atom stereocenters. The second kappa shape index (κ2) is 5.90. The van der Waals surface area contributed by atoms with E-state index in [0.29, 0.717) is 11.9 Å². The second-order valence-corrected chi connectivity index (χ2v) is 5.13. The zero-order valence-electron chi connectivity index (χ0n) is 12.2. The average Bonchev–Trinajstić information content (AvgIpc) is 2.39. The highest BCUT2D eigenvalue weighted by Crippen LogP contribution is 2.17. The van der Waals surface area contributed by atoms with Crippen LogP contribution >= 0.6 is 0 Å². The molecule has 4 nitrogen and oxygen atoms in total. The number of aryl methyl sites for hydroxylation is 2. The molecule has 1 aromatic heterocycles. The van der Waals surface area contributed by atoms with Crippen molar-refractivity contribution >= 4 is 16.8 Å². The number of hydrogen-bond donors (Lipinski definition) is 1. The van der Waals surface area contributed by atoms with Crippen molar-refractivity contribution < 1.29 is 4.79 Å². The maximum Gasteiger partial charge on any atom is 0.239 e. The normalized spacial score (nSPS) is 10.8. The van der Waals surface area contributed by atoms with Gasteiger partial charge in [0.05, 0.1) is 5.52 Å². The van der Waals surface area contributed by atoms with E-state index in [4.69, 9.17) is 0 Å². The van der Waals surface area contributed by atoms with Crippen LogP contribution in [0, 0.1) is 13.8 Å². The summed E-state index contributed by atoms with van der Waals surface area (Å²) in [6, 6.07) is 5.47. The van der Waals surface area contributed by atoms with Crippen LogP contribution in [-0.4, -0.2) is 17.0 Å². The summed E-state index contributed by atoms with van der Waals surface area (Å²) in [5.41, 5.74) is 2.86. The summed E-state index contributed by atoms with van der Waals surface area (Å²) in [4.78, 5) is 23.9. The minimum Gasteiger partial charge on any atom is -0.355 e. The van der Waals surface area contributed by atoms with Crippen LogP contribution in [0.4, 0.5) is 0 Å². The average molecular weight is 272 g/mol. The number of amides is 1. The van der Waals surface area contributed by atoms with Gasteiger partial charge in [-0.1, -0.05) is 13.0 Å². The van der Waals surface area contributed by atoms with E-state index in [1.165, 1.54) is 6.07 Å². The molecule has 0 fully saturated rings. The summed E-state index contributed by atoms with van der Waals surface area (Å²) in [5.74, 6) is -0.0315. The van der Waals surface area contributed by atoms with Crippen molar-refractivity contribution in [2.75, 3.05) is 6.54 Å². The minimum absolute atomic E-state index is 0.00252. The van der Waals surface area contributed by atoms with Crippen LogP contribution < -0.4 is 10.7 Å². The Balaban J connectivity index is 2.47. The van der Waals surface area contributed by atoms with Crippen molar-refractivity contribution in [3.05, 3.63) is 45.7 Å². The highest BCUT2D eigenvalue weighted by molar-refractivity contribution is 5.85. The van der Waals surface area contributed by atoms with Crippen LogP contribution in [0.3, 0.4) is 0 Å². The van der Waals surface area contributed by atoms with E-state index in [1.54, 1.807) is 6.20 Å². The van der Waals surface area contributed by atoms with Gasteiger partial charge in [0.2, 0.25) is 5.91 Å². The van der Waals surface area contributed by atoms with Crippen LogP contribution in [0.2, 0.25) is 0 Å². The highest BCUT2D eigenvalue weighted by Gasteiger charge is 2.09. The zero-order chi connectivity index (χ0) is 14.7. The van der Waals surface area contributed by atoms with E-state index in [9.17, 15) is 9.59 Å². The molecule has 0 aliphatic carbocycles. The van der Waals surface area contributed by atoms with E-state index in [-0.39, 0.29) is 17.9 Å². The molecular formula is C16H20N2O2. The molecule has 2 aromatic rings. The molecule has 1 amide bonds. The Kier molecular flexibility index (Phi) is 4.23. The topological polar surface area (TPSA) is 51.1 Å². The van der Waals surface area contributed by atoms with Crippen LogP contribution in [0.15, 0.2) is 29.2 Å². The molecule has 1 N–H and O–H groups in total. The van der Waals surface area contributed by atoms with E-state index >= 15 is 0 Å². The van der Waals surface area contributed by atoms with Gasteiger partial charge in [-0.25, -0.2) is 0 Å². The van der Waals surface area contributed by atoms with E-state index in [2.05, 4.69) is 5.32 Å². The maximum absolute atomic E-state index is 12.0. The number of fused-ring (bicyclic) bond motifs is 1. The number of pyridine rings is 1. The number of nitrogens with one attached hydrogen (secondary N) is 1. The third-order valence-corrected chi connectivity index (χ3v) is 3.31. The first kappa shape index (κ1) is 14.3. The lowest BCUT2D eigenvalue weighted by Crippen LogP contribution is -2.28. The van der Waals surface area contributed by atoms with Gasteiger partial charge in [0.15, 0.2) is 5.43 Å². The van der Waals surface area contributed by atoms with E-state index < -0.39 is 0 Å². The Hall–Kier alpha value is -2.10. The summed E-state index contributed by atoms with van der Waals surface area (Å²) in [6.45, 7) is 6.85. The Morgan fingerprint density at radius 3 is 2.75 bits per heavy atom. The van der Waals surface area contributed by atoms with Gasteiger partial charge in [0.25, 0.3) is 0 Å². The number of nitrogens with zero attached hydrogens (tertiary/aromatic N) is 1. The van der Waals surface area contributed by atoms with Crippen LogP contribution in [-0.2, 0) is 11.3 Å². The molecule has 0 saturated carbocycles. The fraction of sp³-hybridized carbons (Fsp3) is 0.375. The Bertz CT molecular complexity index is 701. The predicted octanol–water partition coefficient (Wildman–Crippen LogP) is 2.14. The van der Waals surface area contributed by atoms with Gasteiger partial charge in [0.1, 0.15) is 6.54 Å². The molecule has 20 heavy (non-hydrogen) atoms. The number of carbonyl (C=O) groups excluding carboxylic acids is 1. The van der Waals surface area contributed by atoms with Crippen LogP contribution in [0.5, 0.6) is 0 Å². The fourth-order valence-corrected chi connectivity index (χ4v) is 2.43. The molecule has 1 aromatic carbocycles. The van der Waals surface area contributed by atoms with Gasteiger partial charge < -0.3 is 9.88 Å². The van der Waals surface area contributed by atoms with Gasteiger partial charge >= 0.3 is 0 Å². The summed E-state index contributed by atoms with van der Waals surface area (Å²) in [5, 5.41) is 3.55. The van der Waals surface area contributed by atoms with Crippen molar-refractivity contribution in [1.82, 2.24) is 9.88 Å². The first-order valence-corrected chi connectivity index (χ1v) is 6.90. The summed E-state index contributed by atoms with van der Waals surface area (Å²) < 4.78 is 1.84. The van der Waals surface area contributed by atoms with Gasteiger partial charge in [-0.05, 0) is 37.5 Å². The Labute approximate surface area is 118 Å². The fourth-order valence-electron chi connectivity index (χ4n) is 2.43. The number of carbonyl (C=O) groups is 1. The first-order chi connectivity index (χ1) is 9.52. The highest BCUT2D eigenvalue weighted by atomic mass is 16.2. The quantitative estimate of drug-likeness (QED) is 0.927. The largest absolute Gasteiger partial charge is 0.355 e. The smallest absolute Gasteiger partial charge is 0.239 e. The van der Waals surface area contributed by atoms with Crippen LogP contribution in [0.1, 0.15) is 24.5 Å². The van der Waals surface area contributed by atoms with Gasteiger partial charge in [-0.2, -0.15) is 0 Å². The lowest BCUT2D eigenvalue weighted by molar-refractivity contribution is -0.121. The number of aromatic nitrogens is 1. The van der Waals surface area contributed by atoms with Gasteiger partial charge in [-0.15, -0.1) is 0 Å². The van der Waals surface area contributed by atoms with Gasteiger partial charge in [-0.3, -0.25) is 9.59 Å². The van der Waals surface area contributed by atoms with Crippen molar-refractivity contribution in [3.8, 4) is 0 Å². The predicted molar refractivity (Wildman–Crippen MR) is 81.0 cm³/mol. The first-order valence-electron chi connectivity index (χ1n) is 6.90. The molecule has 0 aliphatic heterocycles. The van der Waals surface area contributed by atoms with E-state index in [0.717, 1.165) is 23.1 Å². The number of rotatable bonds is 4. The maximum atomic E-state index is 12.0. The van der Waals surface area contributed by atoms with Crippen molar-refractivity contribution in [1.29, 1.82) is 0 Å². The molecular weight excluding hydrogens is 252 g/mol. The number of hydrogen-bond acceptors (Lipinski definition) is 2. The molecule has 0 aliphatic rings. The molecule has 0 radical (unpaired) electrons. The summed E-state index contributed by atoms with van der Waals surface area (Å²) >= 11 is 0. The lowest BCUT2D eigenvalue weighted by Gasteiger charge is -2.12. The molecule has 0 spiro atoms.